The van der Waals surface area contributed by atoms with Crippen LogP contribution in [0.2, 0.25) is 0 Å². The Kier molecular flexibility index (Phi) is 9.48. The zero-order valence-electron chi connectivity index (χ0n) is 15.1. The van der Waals surface area contributed by atoms with Gasteiger partial charge < -0.3 is 14.8 Å². The second-order valence-electron chi connectivity index (χ2n) is 5.59. The van der Waals surface area contributed by atoms with Crippen molar-refractivity contribution in [3.8, 4) is 5.75 Å². The molecule has 1 aromatic rings. The molecule has 0 aliphatic carbocycles. The summed E-state index contributed by atoms with van der Waals surface area (Å²) in [6.07, 6.45) is 1.45. The largest absolute Gasteiger partial charge is 0.484 e. The van der Waals surface area contributed by atoms with Gasteiger partial charge >= 0.3 is 0 Å². The van der Waals surface area contributed by atoms with Gasteiger partial charge in [0.15, 0.2) is 6.61 Å². The van der Waals surface area contributed by atoms with Crippen LogP contribution >= 0.6 is 0 Å². The van der Waals surface area contributed by atoms with Gasteiger partial charge in [0.05, 0.1) is 4.90 Å². The van der Waals surface area contributed by atoms with Gasteiger partial charge in [0, 0.05) is 25.8 Å². The molecule has 8 heteroatoms. The van der Waals surface area contributed by atoms with E-state index in [4.69, 9.17) is 9.47 Å². The van der Waals surface area contributed by atoms with Crippen LogP contribution < -0.4 is 14.8 Å². The van der Waals surface area contributed by atoms with E-state index in [-0.39, 0.29) is 23.5 Å². The summed E-state index contributed by atoms with van der Waals surface area (Å²) in [5.41, 5.74) is 0. The summed E-state index contributed by atoms with van der Waals surface area (Å²) >= 11 is 0. The van der Waals surface area contributed by atoms with Crippen LogP contribution in [0.15, 0.2) is 29.2 Å². The van der Waals surface area contributed by atoms with E-state index in [1.807, 2.05) is 20.8 Å². The van der Waals surface area contributed by atoms with E-state index in [0.717, 1.165) is 6.42 Å². The Labute approximate surface area is 150 Å². The highest BCUT2D eigenvalue weighted by atomic mass is 32.2. The fourth-order valence-corrected chi connectivity index (χ4v) is 3.20. The molecule has 0 bridgehead atoms. The summed E-state index contributed by atoms with van der Waals surface area (Å²) < 4.78 is 37.4. The third-order valence-electron chi connectivity index (χ3n) is 3.46. The summed E-state index contributed by atoms with van der Waals surface area (Å²) in [5.74, 6) is 0.207. The fraction of sp³-hybridized carbons (Fsp3) is 0.588. The minimum Gasteiger partial charge on any atom is -0.484 e. The minimum atomic E-state index is -3.54. The van der Waals surface area contributed by atoms with Gasteiger partial charge in [0.25, 0.3) is 5.91 Å². The lowest BCUT2D eigenvalue weighted by Gasteiger charge is -2.12. The van der Waals surface area contributed by atoms with E-state index in [2.05, 4.69) is 10.0 Å². The molecular formula is C17H28N2O5S. The van der Waals surface area contributed by atoms with Crippen molar-refractivity contribution in [1.82, 2.24) is 10.0 Å². The maximum absolute atomic E-state index is 12.1. The monoisotopic (exact) mass is 372 g/mol. The van der Waals surface area contributed by atoms with Crippen LogP contribution in [-0.4, -0.2) is 46.7 Å². The predicted molar refractivity (Wildman–Crippen MR) is 96.1 cm³/mol. The van der Waals surface area contributed by atoms with E-state index in [1.165, 1.54) is 24.3 Å². The van der Waals surface area contributed by atoms with Crippen LogP contribution in [0.5, 0.6) is 5.75 Å². The van der Waals surface area contributed by atoms with Gasteiger partial charge in [-0.25, -0.2) is 13.1 Å². The molecule has 0 heterocycles. The standard InChI is InChI=1S/C17H28N2O5S/c1-4-14(3)19-25(21,22)16-9-7-15(8-10-16)24-13-17(20)18-11-6-12-23-5-2/h7-10,14,19H,4-6,11-13H2,1-3H3,(H,18,20)/t14-/m0/s1. The van der Waals surface area contributed by atoms with Crippen LogP contribution in [0.3, 0.4) is 0 Å². The zero-order valence-corrected chi connectivity index (χ0v) is 15.9. The zero-order chi connectivity index (χ0) is 18.7. The van der Waals surface area contributed by atoms with Crippen LogP contribution in [0.4, 0.5) is 0 Å². The SMILES string of the molecule is CCOCCCNC(=O)COc1ccc(S(=O)(=O)N[C@@H](C)CC)cc1. The van der Waals surface area contributed by atoms with Gasteiger partial charge in [-0.05, 0) is 51.0 Å². The molecule has 142 valence electrons. The predicted octanol–water partition coefficient (Wildman–Crippen LogP) is 1.68. The van der Waals surface area contributed by atoms with Crippen molar-refractivity contribution in [3.63, 3.8) is 0 Å². The van der Waals surface area contributed by atoms with E-state index in [1.54, 1.807) is 0 Å². The second-order valence-corrected chi connectivity index (χ2v) is 7.31. The molecule has 2 N–H and O–H groups in total. The molecule has 0 radical (unpaired) electrons. The Morgan fingerprint density at radius 2 is 1.88 bits per heavy atom. The van der Waals surface area contributed by atoms with Crippen molar-refractivity contribution in [2.24, 2.45) is 0 Å². The number of benzene rings is 1. The minimum absolute atomic E-state index is 0.119. The summed E-state index contributed by atoms with van der Waals surface area (Å²) in [6, 6.07) is 5.86. The summed E-state index contributed by atoms with van der Waals surface area (Å²) in [5, 5.41) is 2.73. The van der Waals surface area contributed by atoms with Crippen LogP contribution in [0, 0.1) is 0 Å². The Morgan fingerprint density at radius 1 is 1.20 bits per heavy atom. The second kappa shape index (κ2) is 11.1. The first kappa shape index (κ1) is 21.4. The number of hydrogen-bond acceptors (Lipinski definition) is 5. The third-order valence-corrected chi connectivity index (χ3v) is 5.07. The molecule has 0 unspecified atom stereocenters. The first-order valence-electron chi connectivity index (χ1n) is 8.48. The van der Waals surface area contributed by atoms with Crippen molar-refractivity contribution >= 4 is 15.9 Å². The first-order valence-corrected chi connectivity index (χ1v) is 9.97. The highest BCUT2D eigenvalue weighted by Gasteiger charge is 2.16. The topological polar surface area (TPSA) is 93.7 Å². The van der Waals surface area contributed by atoms with E-state index in [0.29, 0.717) is 31.9 Å². The first-order chi connectivity index (χ1) is 11.9. The molecule has 0 saturated heterocycles. The number of sulfonamides is 1. The van der Waals surface area contributed by atoms with Crippen molar-refractivity contribution in [2.45, 2.75) is 44.6 Å². The number of ether oxygens (including phenoxy) is 2. The number of carbonyl (C=O) groups is 1. The maximum Gasteiger partial charge on any atom is 0.257 e. The highest BCUT2D eigenvalue weighted by molar-refractivity contribution is 7.89. The van der Waals surface area contributed by atoms with Gasteiger partial charge in [-0.2, -0.15) is 0 Å². The van der Waals surface area contributed by atoms with Gasteiger partial charge in [0.1, 0.15) is 5.75 Å². The molecule has 0 fully saturated rings. The van der Waals surface area contributed by atoms with Gasteiger partial charge in [-0.3, -0.25) is 4.79 Å². The number of rotatable bonds is 12. The molecule has 0 aliphatic heterocycles. The molecule has 0 spiro atoms. The summed E-state index contributed by atoms with van der Waals surface area (Å²) in [7, 11) is -3.54. The highest BCUT2D eigenvalue weighted by Crippen LogP contribution is 2.16. The van der Waals surface area contributed by atoms with E-state index < -0.39 is 10.0 Å². The smallest absolute Gasteiger partial charge is 0.257 e. The van der Waals surface area contributed by atoms with Gasteiger partial charge in [0.2, 0.25) is 10.0 Å². The van der Waals surface area contributed by atoms with Gasteiger partial charge in [-0.1, -0.05) is 6.92 Å². The van der Waals surface area contributed by atoms with Crippen molar-refractivity contribution in [3.05, 3.63) is 24.3 Å². The molecule has 0 aromatic heterocycles. The van der Waals surface area contributed by atoms with Crippen LogP contribution in [-0.2, 0) is 19.6 Å². The quantitative estimate of drug-likeness (QED) is 0.545. The molecule has 1 atom stereocenters. The number of hydrogen-bond donors (Lipinski definition) is 2. The lowest BCUT2D eigenvalue weighted by Crippen LogP contribution is -2.32. The molecule has 0 saturated carbocycles. The molecule has 1 aromatic carbocycles. The lowest BCUT2D eigenvalue weighted by molar-refractivity contribution is -0.123. The Hall–Kier alpha value is -1.64. The molecule has 25 heavy (non-hydrogen) atoms. The molecule has 7 nitrogen and oxygen atoms in total. The Bertz CT molecular complexity index is 616. The average molecular weight is 372 g/mol. The Balaban J connectivity index is 2.43. The maximum atomic E-state index is 12.1. The van der Waals surface area contributed by atoms with E-state index in [9.17, 15) is 13.2 Å². The van der Waals surface area contributed by atoms with Crippen LogP contribution in [0.25, 0.3) is 0 Å². The number of carbonyl (C=O) groups excluding carboxylic acids is 1. The lowest BCUT2D eigenvalue weighted by atomic mass is 10.3. The van der Waals surface area contributed by atoms with Crippen molar-refractivity contribution in [1.29, 1.82) is 0 Å². The average Bonchev–Trinajstić information content (AvgIpc) is 2.59. The molecule has 1 rings (SSSR count). The van der Waals surface area contributed by atoms with Gasteiger partial charge in [-0.15, -0.1) is 0 Å². The third kappa shape index (κ3) is 8.33. The van der Waals surface area contributed by atoms with Crippen molar-refractivity contribution < 1.29 is 22.7 Å². The molecular weight excluding hydrogens is 344 g/mol. The summed E-state index contributed by atoms with van der Waals surface area (Å²) in [6.45, 7) is 7.32. The molecule has 0 aliphatic rings. The number of amides is 1. The van der Waals surface area contributed by atoms with Crippen LogP contribution in [0.1, 0.15) is 33.6 Å². The Morgan fingerprint density at radius 3 is 2.48 bits per heavy atom. The number of nitrogens with one attached hydrogen (secondary N) is 2. The fourth-order valence-electron chi connectivity index (χ4n) is 1.88. The summed E-state index contributed by atoms with van der Waals surface area (Å²) in [4.78, 5) is 11.8. The van der Waals surface area contributed by atoms with Crippen molar-refractivity contribution in [2.75, 3.05) is 26.4 Å². The van der Waals surface area contributed by atoms with E-state index >= 15 is 0 Å². The normalized spacial score (nSPS) is 12.6. The molecule has 1 amide bonds.